The molecule has 4 nitrogen and oxygen atoms in total. The lowest BCUT2D eigenvalue weighted by molar-refractivity contribution is 0.160. The SMILES string of the molecule is CN(C)CC1CN(S(=O)(=O)c2ccc(Br)cc2)C1. The minimum atomic E-state index is -3.29. The average molecular weight is 333 g/mol. The molecule has 0 N–H and O–H groups in total. The van der Waals surface area contributed by atoms with Crippen molar-refractivity contribution in [1.29, 1.82) is 0 Å². The number of nitrogens with zero attached hydrogens (tertiary/aromatic N) is 2. The molecule has 0 radical (unpaired) electrons. The van der Waals surface area contributed by atoms with Crippen LogP contribution in [0.25, 0.3) is 0 Å². The number of rotatable bonds is 4. The highest BCUT2D eigenvalue weighted by molar-refractivity contribution is 9.10. The lowest BCUT2D eigenvalue weighted by Gasteiger charge is -2.39. The molecule has 1 aromatic rings. The van der Waals surface area contributed by atoms with E-state index >= 15 is 0 Å². The Bertz CT molecular complexity index is 507. The van der Waals surface area contributed by atoms with Crippen LogP contribution in [0.1, 0.15) is 0 Å². The van der Waals surface area contributed by atoms with E-state index in [0.29, 0.717) is 23.9 Å². The third-order valence-corrected chi connectivity index (χ3v) is 5.37. The van der Waals surface area contributed by atoms with Gasteiger partial charge in [-0.2, -0.15) is 4.31 Å². The van der Waals surface area contributed by atoms with Gasteiger partial charge in [0.15, 0.2) is 0 Å². The van der Waals surface area contributed by atoms with Crippen LogP contribution >= 0.6 is 15.9 Å². The van der Waals surface area contributed by atoms with Crippen LogP contribution in [0.4, 0.5) is 0 Å². The minimum absolute atomic E-state index is 0.369. The van der Waals surface area contributed by atoms with Gasteiger partial charge in [-0.1, -0.05) is 15.9 Å². The Morgan fingerprint density at radius 1 is 1.28 bits per heavy atom. The summed E-state index contributed by atoms with van der Waals surface area (Å²) in [4.78, 5) is 2.46. The fourth-order valence-electron chi connectivity index (χ4n) is 2.11. The Morgan fingerprint density at radius 3 is 2.33 bits per heavy atom. The van der Waals surface area contributed by atoms with Crippen LogP contribution in [-0.4, -0.2) is 51.4 Å². The van der Waals surface area contributed by atoms with Gasteiger partial charge in [0.05, 0.1) is 4.90 Å². The van der Waals surface area contributed by atoms with Gasteiger partial charge < -0.3 is 4.90 Å². The Balaban J connectivity index is 2.04. The number of benzene rings is 1. The summed E-state index contributed by atoms with van der Waals surface area (Å²) in [5.74, 6) is 0.449. The van der Waals surface area contributed by atoms with E-state index in [1.165, 1.54) is 0 Å². The van der Waals surface area contributed by atoms with Crippen LogP contribution in [0.15, 0.2) is 33.6 Å². The second-order valence-electron chi connectivity index (χ2n) is 4.90. The van der Waals surface area contributed by atoms with Crippen molar-refractivity contribution >= 4 is 26.0 Å². The summed E-state index contributed by atoms with van der Waals surface area (Å²) in [6, 6.07) is 6.78. The first-order valence-corrected chi connectivity index (χ1v) is 8.03. The molecule has 0 atom stereocenters. The van der Waals surface area contributed by atoms with Crippen LogP contribution < -0.4 is 0 Å². The molecule has 0 aromatic heterocycles. The fourth-order valence-corrected chi connectivity index (χ4v) is 3.96. The Labute approximate surface area is 117 Å². The second kappa shape index (κ2) is 5.28. The molecule has 6 heteroatoms. The van der Waals surface area contributed by atoms with Crippen molar-refractivity contribution in [2.75, 3.05) is 33.7 Å². The van der Waals surface area contributed by atoms with Gasteiger partial charge in [-0.25, -0.2) is 8.42 Å². The molecule has 1 aliphatic rings. The zero-order valence-electron chi connectivity index (χ0n) is 10.5. The lowest BCUT2D eigenvalue weighted by atomic mass is 10.0. The van der Waals surface area contributed by atoms with E-state index in [4.69, 9.17) is 0 Å². The van der Waals surface area contributed by atoms with E-state index in [1.54, 1.807) is 28.6 Å². The molecule has 0 bridgehead atoms. The van der Waals surface area contributed by atoms with Crippen molar-refractivity contribution in [3.63, 3.8) is 0 Å². The molecule has 1 aliphatic heterocycles. The van der Waals surface area contributed by atoms with E-state index in [0.717, 1.165) is 11.0 Å². The number of sulfonamides is 1. The molecule has 1 heterocycles. The summed E-state index contributed by atoms with van der Waals surface area (Å²) in [6.07, 6.45) is 0. The molecule has 0 amide bonds. The van der Waals surface area contributed by atoms with Crippen molar-refractivity contribution < 1.29 is 8.42 Å². The molecular formula is C12H17BrN2O2S. The number of halogens is 1. The van der Waals surface area contributed by atoms with Crippen LogP contribution in [0.3, 0.4) is 0 Å². The summed E-state index contributed by atoms with van der Waals surface area (Å²) < 4.78 is 26.9. The molecule has 2 rings (SSSR count). The topological polar surface area (TPSA) is 40.6 Å². The normalized spacial score (nSPS) is 18.0. The molecule has 0 unspecified atom stereocenters. The maximum atomic E-state index is 12.3. The van der Waals surface area contributed by atoms with Crippen LogP contribution in [0.2, 0.25) is 0 Å². The molecule has 18 heavy (non-hydrogen) atoms. The minimum Gasteiger partial charge on any atom is -0.309 e. The molecule has 1 fully saturated rings. The van der Waals surface area contributed by atoms with Gasteiger partial charge >= 0.3 is 0 Å². The predicted molar refractivity (Wildman–Crippen MR) is 74.9 cm³/mol. The highest BCUT2D eigenvalue weighted by Crippen LogP contribution is 2.26. The van der Waals surface area contributed by atoms with Gasteiger partial charge in [-0.15, -0.1) is 0 Å². The Morgan fingerprint density at radius 2 is 1.83 bits per heavy atom. The third-order valence-electron chi connectivity index (χ3n) is 3.00. The summed E-state index contributed by atoms with van der Waals surface area (Å²) in [5, 5.41) is 0. The quantitative estimate of drug-likeness (QED) is 0.841. The monoisotopic (exact) mass is 332 g/mol. The van der Waals surface area contributed by atoms with Gasteiger partial charge in [-0.3, -0.25) is 0 Å². The van der Waals surface area contributed by atoms with Crippen molar-refractivity contribution in [3.05, 3.63) is 28.7 Å². The first-order chi connectivity index (χ1) is 8.39. The molecule has 1 aromatic carbocycles. The van der Waals surface area contributed by atoms with Crippen molar-refractivity contribution in [2.45, 2.75) is 4.90 Å². The van der Waals surface area contributed by atoms with E-state index in [-0.39, 0.29) is 0 Å². The molecule has 1 saturated heterocycles. The predicted octanol–water partition coefficient (Wildman–Crippen LogP) is 1.63. The molecule has 0 aliphatic carbocycles. The van der Waals surface area contributed by atoms with E-state index < -0.39 is 10.0 Å². The summed E-state index contributed by atoms with van der Waals surface area (Å²) in [7, 11) is 0.718. The summed E-state index contributed by atoms with van der Waals surface area (Å²) in [5.41, 5.74) is 0. The highest BCUT2D eigenvalue weighted by Gasteiger charge is 2.36. The fraction of sp³-hybridized carbons (Fsp3) is 0.500. The van der Waals surface area contributed by atoms with Gasteiger partial charge in [-0.05, 0) is 44.3 Å². The van der Waals surface area contributed by atoms with E-state index in [9.17, 15) is 8.42 Å². The lowest BCUT2D eigenvalue weighted by Crippen LogP contribution is -2.52. The van der Waals surface area contributed by atoms with Gasteiger partial charge in [0.25, 0.3) is 0 Å². The van der Waals surface area contributed by atoms with Crippen molar-refractivity contribution in [3.8, 4) is 0 Å². The summed E-state index contributed by atoms with van der Waals surface area (Å²) in [6.45, 7) is 2.18. The first kappa shape index (κ1) is 14.0. The summed E-state index contributed by atoms with van der Waals surface area (Å²) >= 11 is 3.30. The van der Waals surface area contributed by atoms with Crippen LogP contribution in [0.5, 0.6) is 0 Å². The zero-order chi connectivity index (χ0) is 13.3. The molecular weight excluding hydrogens is 316 g/mol. The van der Waals surface area contributed by atoms with E-state index in [1.807, 2.05) is 14.1 Å². The first-order valence-electron chi connectivity index (χ1n) is 5.80. The maximum absolute atomic E-state index is 12.3. The van der Waals surface area contributed by atoms with Gasteiger partial charge in [0, 0.05) is 24.1 Å². The molecule has 0 saturated carbocycles. The molecule has 0 spiro atoms. The number of hydrogen-bond acceptors (Lipinski definition) is 3. The smallest absolute Gasteiger partial charge is 0.243 e. The Hall–Kier alpha value is -0.430. The standard InChI is InChI=1S/C12H17BrN2O2S/c1-14(2)7-10-8-15(9-10)18(16,17)12-5-3-11(13)4-6-12/h3-6,10H,7-9H2,1-2H3. The Kier molecular flexibility index (Phi) is 4.11. The van der Waals surface area contributed by atoms with Crippen LogP contribution in [0, 0.1) is 5.92 Å². The van der Waals surface area contributed by atoms with Gasteiger partial charge in [0.2, 0.25) is 10.0 Å². The molecule has 100 valence electrons. The van der Waals surface area contributed by atoms with E-state index in [2.05, 4.69) is 20.8 Å². The maximum Gasteiger partial charge on any atom is 0.243 e. The second-order valence-corrected chi connectivity index (χ2v) is 7.76. The highest BCUT2D eigenvalue weighted by atomic mass is 79.9. The zero-order valence-corrected chi connectivity index (χ0v) is 12.9. The number of hydrogen-bond donors (Lipinski definition) is 0. The third kappa shape index (κ3) is 2.93. The van der Waals surface area contributed by atoms with Crippen LogP contribution in [-0.2, 0) is 10.0 Å². The largest absolute Gasteiger partial charge is 0.309 e. The average Bonchev–Trinajstić information content (AvgIpc) is 2.23. The van der Waals surface area contributed by atoms with Gasteiger partial charge in [0.1, 0.15) is 0 Å². The van der Waals surface area contributed by atoms with Crippen molar-refractivity contribution in [2.24, 2.45) is 5.92 Å². The van der Waals surface area contributed by atoms with Crippen molar-refractivity contribution in [1.82, 2.24) is 9.21 Å².